The van der Waals surface area contributed by atoms with Gasteiger partial charge in [-0.15, -0.1) is 0 Å². The van der Waals surface area contributed by atoms with Gasteiger partial charge in [0.2, 0.25) is 0 Å². The zero-order chi connectivity index (χ0) is 13.8. The Kier molecular flexibility index (Phi) is 4.61. The molecule has 0 spiro atoms. The van der Waals surface area contributed by atoms with Crippen molar-refractivity contribution in [2.45, 2.75) is 6.92 Å². The number of urea groups is 1. The monoisotopic (exact) mass is 382 g/mol. The molecule has 0 radical (unpaired) electrons. The fourth-order valence-corrected chi connectivity index (χ4v) is 2.23. The maximum Gasteiger partial charge on any atom is 0.323 e. The molecule has 19 heavy (non-hydrogen) atoms. The zero-order valence-corrected chi connectivity index (χ0v) is 13.4. The predicted octanol–water partition coefficient (Wildman–Crippen LogP) is 5.16. The molecule has 0 fully saturated rings. The molecule has 3 nitrogen and oxygen atoms in total. The standard InChI is InChI=1S/C14H12Br2N2O/c1-9-7-12(5-6-13(9)16)18-14(19)17-11-4-2-3-10(15)8-11/h2-8H,1H3,(H2,17,18,19). The molecule has 2 aromatic carbocycles. The van der Waals surface area contributed by atoms with Crippen LogP contribution in [0.15, 0.2) is 51.4 Å². The van der Waals surface area contributed by atoms with Crippen molar-refractivity contribution in [2.75, 3.05) is 10.6 Å². The number of carbonyl (C=O) groups is 1. The number of hydrogen-bond donors (Lipinski definition) is 2. The minimum Gasteiger partial charge on any atom is -0.308 e. The number of amides is 2. The van der Waals surface area contributed by atoms with Crippen LogP contribution in [0.25, 0.3) is 0 Å². The number of hydrogen-bond acceptors (Lipinski definition) is 1. The Morgan fingerprint density at radius 1 is 1.00 bits per heavy atom. The van der Waals surface area contributed by atoms with Crippen LogP contribution in [0.1, 0.15) is 5.56 Å². The Hall–Kier alpha value is -1.33. The Bertz CT molecular complexity index is 614. The normalized spacial score (nSPS) is 10.1. The maximum atomic E-state index is 11.8. The van der Waals surface area contributed by atoms with E-state index >= 15 is 0 Å². The second kappa shape index (κ2) is 6.21. The molecule has 2 aromatic rings. The topological polar surface area (TPSA) is 41.1 Å². The lowest BCUT2D eigenvalue weighted by Crippen LogP contribution is -2.19. The van der Waals surface area contributed by atoms with Crippen molar-refractivity contribution in [1.82, 2.24) is 0 Å². The van der Waals surface area contributed by atoms with Crippen molar-refractivity contribution in [2.24, 2.45) is 0 Å². The van der Waals surface area contributed by atoms with Crippen LogP contribution in [-0.2, 0) is 0 Å². The fraction of sp³-hybridized carbons (Fsp3) is 0.0714. The Labute approximate surface area is 128 Å². The van der Waals surface area contributed by atoms with Gasteiger partial charge in [-0.2, -0.15) is 0 Å². The summed E-state index contributed by atoms with van der Waals surface area (Å²) in [7, 11) is 0. The Morgan fingerprint density at radius 3 is 2.32 bits per heavy atom. The van der Waals surface area contributed by atoms with E-state index in [2.05, 4.69) is 42.5 Å². The second-order valence-electron chi connectivity index (χ2n) is 4.05. The molecule has 0 atom stereocenters. The lowest BCUT2D eigenvalue weighted by molar-refractivity contribution is 0.262. The van der Waals surface area contributed by atoms with E-state index in [1.165, 1.54) is 0 Å². The van der Waals surface area contributed by atoms with Crippen LogP contribution >= 0.6 is 31.9 Å². The minimum absolute atomic E-state index is 0.264. The highest BCUT2D eigenvalue weighted by atomic mass is 79.9. The Balaban J connectivity index is 2.03. The summed E-state index contributed by atoms with van der Waals surface area (Å²) < 4.78 is 1.94. The highest BCUT2D eigenvalue weighted by Gasteiger charge is 2.04. The molecule has 2 N–H and O–H groups in total. The van der Waals surface area contributed by atoms with Gasteiger partial charge >= 0.3 is 6.03 Å². The van der Waals surface area contributed by atoms with E-state index in [1.54, 1.807) is 0 Å². The molecule has 0 aliphatic rings. The number of benzene rings is 2. The number of anilines is 2. The number of halogens is 2. The van der Waals surface area contributed by atoms with Crippen LogP contribution in [0.2, 0.25) is 0 Å². The smallest absolute Gasteiger partial charge is 0.308 e. The summed E-state index contributed by atoms with van der Waals surface area (Å²) in [5.41, 5.74) is 2.56. The van der Waals surface area contributed by atoms with E-state index in [9.17, 15) is 4.79 Å². The van der Waals surface area contributed by atoms with E-state index < -0.39 is 0 Å². The first-order valence-corrected chi connectivity index (χ1v) is 7.23. The summed E-state index contributed by atoms with van der Waals surface area (Å²) in [5, 5.41) is 5.57. The molecule has 98 valence electrons. The molecule has 2 rings (SSSR count). The second-order valence-corrected chi connectivity index (χ2v) is 5.82. The molecule has 0 saturated heterocycles. The van der Waals surface area contributed by atoms with E-state index in [0.717, 1.165) is 25.9 Å². The molecular formula is C14H12Br2N2O. The SMILES string of the molecule is Cc1cc(NC(=O)Nc2cccc(Br)c2)ccc1Br. The van der Waals surface area contributed by atoms with E-state index in [-0.39, 0.29) is 6.03 Å². The molecule has 0 aliphatic heterocycles. The van der Waals surface area contributed by atoms with Crippen LogP contribution < -0.4 is 10.6 Å². The van der Waals surface area contributed by atoms with Crippen molar-refractivity contribution >= 4 is 49.3 Å². The lowest BCUT2D eigenvalue weighted by atomic mass is 10.2. The summed E-state index contributed by atoms with van der Waals surface area (Å²) in [6.07, 6.45) is 0. The van der Waals surface area contributed by atoms with Gasteiger partial charge in [0.05, 0.1) is 0 Å². The van der Waals surface area contributed by atoms with Gasteiger partial charge in [-0.3, -0.25) is 0 Å². The van der Waals surface area contributed by atoms with Gasteiger partial charge in [-0.05, 0) is 48.9 Å². The highest BCUT2D eigenvalue weighted by molar-refractivity contribution is 9.10. The third-order valence-electron chi connectivity index (χ3n) is 2.50. The molecule has 0 aliphatic carbocycles. The van der Waals surface area contributed by atoms with Crippen LogP contribution in [-0.4, -0.2) is 6.03 Å². The van der Waals surface area contributed by atoms with Crippen molar-refractivity contribution in [3.63, 3.8) is 0 Å². The van der Waals surface area contributed by atoms with E-state index in [4.69, 9.17) is 0 Å². The largest absolute Gasteiger partial charge is 0.323 e. The van der Waals surface area contributed by atoms with Crippen LogP contribution in [0.3, 0.4) is 0 Å². The molecular weight excluding hydrogens is 372 g/mol. The Morgan fingerprint density at radius 2 is 1.68 bits per heavy atom. The average Bonchev–Trinajstić information content (AvgIpc) is 2.34. The van der Waals surface area contributed by atoms with Crippen molar-refractivity contribution < 1.29 is 4.79 Å². The third kappa shape index (κ3) is 4.08. The zero-order valence-electron chi connectivity index (χ0n) is 10.2. The van der Waals surface area contributed by atoms with Crippen LogP contribution in [0.4, 0.5) is 16.2 Å². The summed E-state index contributed by atoms with van der Waals surface area (Å²) in [5.74, 6) is 0. The van der Waals surface area contributed by atoms with Gasteiger partial charge in [-0.25, -0.2) is 4.79 Å². The summed E-state index contributed by atoms with van der Waals surface area (Å²) >= 11 is 6.78. The van der Waals surface area contributed by atoms with Gasteiger partial charge in [-0.1, -0.05) is 37.9 Å². The lowest BCUT2D eigenvalue weighted by Gasteiger charge is -2.09. The van der Waals surface area contributed by atoms with Gasteiger partial charge in [0.25, 0.3) is 0 Å². The van der Waals surface area contributed by atoms with Crippen molar-refractivity contribution in [3.05, 3.63) is 57.0 Å². The number of rotatable bonds is 2. The average molecular weight is 384 g/mol. The molecule has 0 bridgehead atoms. The minimum atomic E-state index is -0.264. The number of carbonyl (C=O) groups excluding carboxylic acids is 1. The van der Waals surface area contributed by atoms with E-state index in [1.807, 2.05) is 49.4 Å². The predicted molar refractivity (Wildman–Crippen MR) is 85.7 cm³/mol. The first kappa shape index (κ1) is 14.1. The van der Waals surface area contributed by atoms with Crippen molar-refractivity contribution in [3.8, 4) is 0 Å². The molecule has 0 unspecified atom stereocenters. The third-order valence-corrected chi connectivity index (χ3v) is 3.88. The van der Waals surface area contributed by atoms with Gasteiger partial charge in [0.15, 0.2) is 0 Å². The van der Waals surface area contributed by atoms with Gasteiger partial charge < -0.3 is 10.6 Å². The number of aryl methyl sites for hydroxylation is 1. The first-order valence-electron chi connectivity index (χ1n) is 5.64. The van der Waals surface area contributed by atoms with E-state index in [0.29, 0.717) is 0 Å². The number of nitrogens with one attached hydrogen (secondary N) is 2. The van der Waals surface area contributed by atoms with Crippen molar-refractivity contribution in [1.29, 1.82) is 0 Å². The molecule has 0 aromatic heterocycles. The highest BCUT2D eigenvalue weighted by Crippen LogP contribution is 2.20. The quantitative estimate of drug-likeness (QED) is 0.738. The summed E-state index contributed by atoms with van der Waals surface area (Å²) in [6, 6.07) is 12.8. The van der Waals surface area contributed by atoms with Gasteiger partial charge in [0.1, 0.15) is 0 Å². The molecule has 0 heterocycles. The summed E-state index contributed by atoms with van der Waals surface area (Å²) in [6.45, 7) is 1.97. The molecule has 0 saturated carbocycles. The fourth-order valence-electron chi connectivity index (χ4n) is 1.58. The molecule has 2 amide bonds. The van der Waals surface area contributed by atoms with Crippen LogP contribution in [0, 0.1) is 6.92 Å². The van der Waals surface area contributed by atoms with Crippen LogP contribution in [0.5, 0.6) is 0 Å². The van der Waals surface area contributed by atoms with Gasteiger partial charge in [0, 0.05) is 20.3 Å². The summed E-state index contributed by atoms with van der Waals surface area (Å²) in [4.78, 5) is 11.8. The molecule has 5 heteroatoms. The first-order chi connectivity index (χ1) is 9.04. The maximum absolute atomic E-state index is 11.8.